The third-order valence-corrected chi connectivity index (χ3v) is 6.64. The van der Waals surface area contributed by atoms with Crippen LogP contribution in [-0.4, -0.2) is 55.1 Å². The van der Waals surface area contributed by atoms with Crippen LogP contribution >= 0.6 is 11.6 Å². The number of Topliss-reactive ketones (excluding diaryl/α,β-unsaturated/α-hetero) is 1. The molecule has 8 nitrogen and oxygen atoms in total. The average molecular weight is 466 g/mol. The largest absolute Gasteiger partial charge is 0.493 e. The highest BCUT2D eigenvalue weighted by Crippen LogP contribution is 2.47. The van der Waals surface area contributed by atoms with Gasteiger partial charge in [0.05, 0.1) is 42.8 Å². The third kappa shape index (κ3) is 3.13. The predicted molar refractivity (Wildman–Crippen MR) is 122 cm³/mol. The zero-order chi connectivity index (χ0) is 23.3. The van der Waals surface area contributed by atoms with Crippen LogP contribution in [0, 0.1) is 11.8 Å². The molecule has 9 heteroatoms. The average Bonchev–Trinajstić information content (AvgIpc) is 3.31. The quantitative estimate of drug-likeness (QED) is 0.498. The fourth-order valence-electron chi connectivity index (χ4n) is 4.87. The second kappa shape index (κ2) is 8.04. The number of carbonyl (C=O) groups excluding carboxylic acids is 3. The standard InChI is InChI=1S/C24H20ClN3O5/c1-32-17-10-9-13(12-18(17)33-2)22(29)21-20-19(16-8-5-11-26-28(16)21)23(30)27(24(20)31)15-7-4-3-6-14(15)25/h3-12,16,19-21H,1-2H3/t16-,19-,20-,21+/m1/s1. The normalized spacial score (nSPS) is 25.3. The number of hydrazone groups is 1. The van der Waals surface area contributed by atoms with Gasteiger partial charge in [0.25, 0.3) is 0 Å². The number of imide groups is 1. The van der Waals surface area contributed by atoms with Crippen LogP contribution in [0.3, 0.4) is 0 Å². The molecule has 0 bridgehead atoms. The van der Waals surface area contributed by atoms with Crippen molar-refractivity contribution in [1.29, 1.82) is 0 Å². The van der Waals surface area contributed by atoms with E-state index in [1.807, 2.05) is 0 Å². The molecule has 2 fully saturated rings. The number of rotatable bonds is 5. The van der Waals surface area contributed by atoms with Crippen LogP contribution in [0.25, 0.3) is 0 Å². The second-order valence-corrected chi connectivity index (χ2v) is 8.32. The molecule has 3 aliphatic heterocycles. The van der Waals surface area contributed by atoms with Crippen molar-refractivity contribution < 1.29 is 23.9 Å². The van der Waals surface area contributed by atoms with Crippen molar-refractivity contribution >= 4 is 41.1 Å². The number of methoxy groups -OCH3 is 2. The van der Waals surface area contributed by atoms with Gasteiger partial charge in [-0.2, -0.15) is 5.10 Å². The van der Waals surface area contributed by atoms with E-state index < -0.39 is 35.7 Å². The van der Waals surface area contributed by atoms with Gasteiger partial charge < -0.3 is 9.47 Å². The SMILES string of the molecule is COc1ccc(C(=O)[C@@H]2[C@@H]3C(=O)N(c4ccccc4Cl)C(=O)[C@@H]3[C@H]3C=CC=NN32)cc1OC. The lowest BCUT2D eigenvalue weighted by molar-refractivity contribution is -0.123. The molecule has 3 aliphatic rings. The lowest BCUT2D eigenvalue weighted by Gasteiger charge is -2.30. The molecular formula is C24H20ClN3O5. The summed E-state index contributed by atoms with van der Waals surface area (Å²) in [5.41, 5.74) is 0.647. The minimum Gasteiger partial charge on any atom is -0.493 e. The van der Waals surface area contributed by atoms with Gasteiger partial charge in [-0.3, -0.25) is 19.4 Å². The van der Waals surface area contributed by atoms with Gasteiger partial charge in [-0.1, -0.05) is 29.8 Å². The highest BCUT2D eigenvalue weighted by molar-refractivity contribution is 6.36. The Kier molecular flexibility index (Phi) is 5.17. The van der Waals surface area contributed by atoms with E-state index in [1.165, 1.54) is 14.2 Å². The summed E-state index contributed by atoms with van der Waals surface area (Å²) in [7, 11) is 2.99. The number of benzene rings is 2. The maximum Gasteiger partial charge on any atom is 0.240 e. The second-order valence-electron chi connectivity index (χ2n) is 7.91. The fourth-order valence-corrected chi connectivity index (χ4v) is 5.09. The maximum atomic E-state index is 13.7. The highest BCUT2D eigenvalue weighted by Gasteiger charge is 2.64. The number of fused-ring (bicyclic) bond motifs is 3. The number of ketones is 1. The number of nitrogens with zero attached hydrogens (tertiary/aromatic N) is 3. The first-order chi connectivity index (χ1) is 16.0. The summed E-state index contributed by atoms with van der Waals surface area (Å²) >= 11 is 6.30. The lowest BCUT2D eigenvalue weighted by atomic mass is 9.86. The zero-order valence-electron chi connectivity index (χ0n) is 17.8. The molecule has 0 saturated carbocycles. The van der Waals surface area contributed by atoms with Gasteiger partial charge in [-0.05, 0) is 36.4 Å². The topological polar surface area (TPSA) is 88.5 Å². The molecule has 0 aliphatic carbocycles. The van der Waals surface area contributed by atoms with Crippen molar-refractivity contribution in [2.45, 2.75) is 12.1 Å². The minimum absolute atomic E-state index is 0.288. The molecule has 0 radical (unpaired) electrons. The Morgan fingerprint density at radius 2 is 1.73 bits per heavy atom. The summed E-state index contributed by atoms with van der Waals surface area (Å²) < 4.78 is 10.6. The van der Waals surface area contributed by atoms with Crippen molar-refractivity contribution in [2.24, 2.45) is 16.9 Å². The van der Waals surface area contributed by atoms with Crippen LogP contribution in [-0.2, 0) is 9.59 Å². The molecule has 0 N–H and O–H groups in total. The van der Waals surface area contributed by atoms with E-state index >= 15 is 0 Å². The van der Waals surface area contributed by atoms with Crippen LogP contribution in [0.4, 0.5) is 5.69 Å². The molecular weight excluding hydrogens is 446 g/mol. The van der Waals surface area contributed by atoms with E-state index in [9.17, 15) is 14.4 Å². The van der Waals surface area contributed by atoms with Crippen LogP contribution < -0.4 is 14.4 Å². The van der Waals surface area contributed by atoms with Gasteiger partial charge in [0.2, 0.25) is 11.8 Å². The number of para-hydroxylation sites is 1. The van der Waals surface area contributed by atoms with Crippen LogP contribution in [0.1, 0.15) is 10.4 Å². The van der Waals surface area contributed by atoms with Gasteiger partial charge in [0.1, 0.15) is 6.04 Å². The molecule has 0 aromatic heterocycles. The first-order valence-corrected chi connectivity index (χ1v) is 10.7. The summed E-state index contributed by atoms with van der Waals surface area (Å²) in [5.74, 6) is -1.97. The van der Waals surface area contributed by atoms with E-state index in [0.29, 0.717) is 22.7 Å². The molecule has 2 amide bonds. The molecule has 2 aromatic carbocycles. The summed E-state index contributed by atoms with van der Waals surface area (Å²) in [5, 5.41) is 6.21. The van der Waals surface area contributed by atoms with Crippen molar-refractivity contribution in [3.8, 4) is 11.5 Å². The predicted octanol–water partition coefficient (Wildman–Crippen LogP) is 2.95. The Balaban J connectivity index is 1.58. The van der Waals surface area contributed by atoms with Crippen LogP contribution in [0.5, 0.6) is 11.5 Å². The van der Waals surface area contributed by atoms with Gasteiger partial charge in [-0.25, -0.2) is 4.90 Å². The van der Waals surface area contributed by atoms with Crippen molar-refractivity contribution in [3.63, 3.8) is 0 Å². The highest BCUT2D eigenvalue weighted by atomic mass is 35.5. The number of hydrogen-bond acceptors (Lipinski definition) is 7. The maximum absolute atomic E-state index is 13.7. The molecule has 3 heterocycles. The van der Waals surface area contributed by atoms with Crippen LogP contribution in [0.15, 0.2) is 59.7 Å². The first-order valence-electron chi connectivity index (χ1n) is 10.4. The van der Waals surface area contributed by atoms with E-state index in [0.717, 1.165) is 4.90 Å². The van der Waals surface area contributed by atoms with Gasteiger partial charge >= 0.3 is 0 Å². The van der Waals surface area contributed by atoms with E-state index in [2.05, 4.69) is 5.10 Å². The number of allylic oxidation sites excluding steroid dienone is 1. The summed E-state index contributed by atoms with van der Waals surface area (Å²) in [6.07, 6.45) is 5.07. The number of amides is 2. The Morgan fingerprint density at radius 3 is 2.45 bits per heavy atom. The smallest absolute Gasteiger partial charge is 0.240 e. The summed E-state index contributed by atoms with van der Waals surface area (Å²) in [4.78, 5) is 41.9. The monoisotopic (exact) mass is 465 g/mol. The van der Waals surface area contributed by atoms with Crippen LogP contribution in [0.2, 0.25) is 5.02 Å². The summed E-state index contributed by atoms with van der Waals surface area (Å²) in [6.45, 7) is 0. The molecule has 2 saturated heterocycles. The van der Waals surface area contributed by atoms with Gasteiger partial charge in [-0.15, -0.1) is 0 Å². The van der Waals surface area contributed by atoms with E-state index in [4.69, 9.17) is 21.1 Å². The molecule has 2 aromatic rings. The third-order valence-electron chi connectivity index (χ3n) is 6.32. The van der Waals surface area contributed by atoms with Crippen molar-refractivity contribution in [1.82, 2.24) is 5.01 Å². The number of anilines is 1. The molecule has 168 valence electrons. The van der Waals surface area contributed by atoms with Gasteiger partial charge in [0.15, 0.2) is 17.3 Å². The minimum atomic E-state index is -0.955. The molecule has 0 unspecified atom stereocenters. The lowest BCUT2D eigenvalue weighted by Crippen LogP contribution is -2.46. The fraction of sp³-hybridized carbons (Fsp3) is 0.250. The zero-order valence-corrected chi connectivity index (χ0v) is 18.6. The van der Waals surface area contributed by atoms with Crippen molar-refractivity contribution in [3.05, 3.63) is 65.2 Å². The number of hydrogen-bond donors (Lipinski definition) is 0. The molecule has 4 atom stereocenters. The van der Waals surface area contributed by atoms with Gasteiger partial charge in [0, 0.05) is 11.8 Å². The first kappa shape index (κ1) is 21.2. The Bertz CT molecular complexity index is 1230. The molecule has 5 rings (SSSR count). The molecule has 33 heavy (non-hydrogen) atoms. The Morgan fingerprint density at radius 1 is 1.00 bits per heavy atom. The van der Waals surface area contributed by atoms with E-state index in [-0.39, 0.29) is 10.8 Å². The Labute approximate surface area is 195 Å². The number of carbonyl (C=O) groups is 3. The van der Waals surface area contributed by atoms with Crippen molar-refractivity contribution in [2.75, 3.05) is 19.1 Å². The number of halogens is 1. The summed E-state index contributed by atoms with van der Waals surface area (Å²) in [6, 6.07) is 10.0. The Hall–Kier alpha value is -3.65. The molecule has 0 spiro atoms. The number of ether oxygens (including phenoxy) is 2. The van der Waals surface area contributed by atoms with E-state index in [1.54, 1.807) is 65.8 Å².